The Morgan fingerprint density at radius 3 is 1.51 bits per heavy atom. The van der Waals surface area contributed by atoms with E-state index in [2.05, 4.69) is 38.2 Å². The monoisotopic (exact) mass is 801 g/mol. The third kappa shape index (κ3) is 43.9. The summed E-state index contributed by atoms with van der Waals surface area (Å²) in [7, 11) is 1.67. The predicted molar refractivity (Wildman–Crippen MR) is 233 cm³/mol. The number of hydrogen-bond donors (Lipinski definition) is 1. The molecule has 0 spiro atoms. The molecule has 0 amide bonds. The number of rotatable bonds is 43. The highest BCUT2D eigenvalue weighted by Gasteiger charge is 2.26. The van der Waals surface area contributed by atoms with E-state index in [0.29, 0.717) is 24.1 Å². The molecule has 0 aliphatic heterocycles. The molecule has 0 heterocycles. The highest BCUT2D eigenvalue weighted by Crippen LogP contribution is 2.43. The normalized spacial score (nSPS) is 13.9. The number of carbonyl (C=O) groups is 1. The van der Waals surface area contributed by atoms with Crippen LogP contribution in [0.1, 0.15) is 206 Å². The van der Waals surface area contributed by atoms with E-state index in [9.17, 15) is 14.3 Å². The summed E-state index contributed by atoms with van der Waals surface area (Å²) in [6.45, 7) is 5.61. The van der Waals surface area contributed by atoms with E-state index in [-0.39, 0.29) is 25.8 Å². The van der Waals surface area contributed by atoms with Gasteiger partial charge in [0.1, 0.15) is 19.3 Å². The minimum absolute atomic E-state index is 0.0884. The van der Waals surface area contributed by atoms with Crippen LogP contribution >= 0.6 is 7.82 Å². The molecule has 2 unspecified atom stereocenters. The summed E-state index contributed by atoms with van der Waals surface area (Å²) in [6.07, 6.45) is 44.9. The van der Waals surface area contributed by atoms with Crippen LogP contribution in [0.2, 0.25) is 0 Å². The Kier molecular flexibility index (Phi) is 39.1. The lowest BCUT2D eigenvalue weighted by Crippen LogP contribution is -2.37. The Morgan fingerprint density at radius 2 is 1.00 bits per heavy atom. The maximum absolute atomic E-state index is 12.7. The van der Waals surface area contributed by atoms with Gasteiger partial charge in [-0.3, -0.25) is 13.8 Å². The Labute approximate surface area is 341 Å². The highest BCUT2D eigenvalue weighted by atomic mass is 31.2. The summed E-state index contributed by atoms with van der Waals surface area (Å²) in [5, 5.41) is 0. The van der Waals surface area contributed by atoms with E-state index in [0.717, 1.165) is 44.9 Å². The molecule has 0 aromatic heterocycles. The molecule has 0 saturated carbocycles. The molecular formula is C46H91NO7P+. The Balaban J connectivity index is 4.20. The van der Waals surface area contributed by atoms with Crippen molar-refractivity contribution in [3.63, 3.8) is 0 Å². The smallest absolute Gasteiger partial charge is 0.457 e. The molecule has 0 aromatic carbocycles. The number of esters is 1. The van der Waals surface area contributed by atoms with Crippen LogP contribution < -0.4 is 0 Å². The van der Waals surface area contributed by atoms with Gasteiger partial charge in [0.2, 0.25) is 0 Å². The van der Waals surface area contributed by atoms with Gasteiger partial charge in [0.25, 0.3) is 0 Å². The predicted octanol–water partition coefficient (Wildman–Crippen LogP) is 13.6. The van der Waals surface area contributed by atoms with Gasteiger partial charge in [-0.2, -0.15) is 0 Å². The zero-order chi connectivity index (χ0) is 40.6. The first-order valence-corrected chi connectivity index (χ1v) is 24.6. The van der Waals surface area contributed by atoms with Gasteiger partial charge in [-0.05, 0) is 44.9 Å². The molecule has 8 nitrogen and oxygen atoms in total. The zero-order valence-corrected chi connectivity index (χ0v) is 37.8. The van der Waals surface area contributed by atoms with Gasteiger partial charge in [-0.1, -0.05) is 179 Å². The van der Waals surface area contributed by atoms with Crippen LogP contribution in [0.5, 0.6) is 0 Å². The van der Waals surface area contributed by atoms with E-state index in [1.54, 1.807) is 0 Å². The molecule has 326 valence electrons. The standard InChI is InChI=1S/C46H90NO7P/c1-6-8-10-12-14-16-18-20-22-24-25-27-29-31-33-35-37-39-46(48)54-45(44-53-55(49,50)52-42-40-47(3,4)5)43-51-41-38-36-34-32-30-28-26-23-21-19-17-15-13-11-9-7-2/h15,17,21,23,45H,6-14,16,18-20,22,24-44H2,1-5H3/p+1/b17-15-,23-21-. The second-order valence-electron chi connectivity index (χ2n) is 16.8. The van der Waals surface area contributed by atoms with Crippen LogP contribution in [0, 0.1) is 0 Å². The van der Waals surface area contributed by atoms with E-state index in [1.807, 2.05) is 21.1 Å². The molecule has 1 N–H and O–H groups in total. The lowest BCUT2D eigenvalue weighted by Gasteiger charge is -2.24. The number of phosphoric ester groups is 1. The average molecular weight is 801 g/mol. The first-order chi connectivity index (χ1) is 26.6. The highest BCUT2D eigenvalue weighted by molar-refractivity contribution is 7.47. The first-order valence-electron chi connectivity index (χ1n) is 23.1. The molecule has 0 bridgehead atoms. The van der Waals surface area contributed by atoms with Crippen LogP contribution in [-0.2, 0) is 27.9 Å². The SMILES string of the molecule is CCCCC/C=C\C/C=C\CCCCCCCCOCC(COP(=O)(O)OCC[N+](C)(C)C)OC(=O)CCCCCCCCCCCCCCCCCCC. The molecule has 0 radical (unpaired) electrons. The number of quaternary nitrogens is 1. The third-order valence-corrected chi connectivity index (χ3v) is 11.0. The fraction of sp³-hybridized carbons (Fsp3) is 0.891. The number of carbonyl (C=O) groups excluding carboxylic acids is 1. The summed E-state index contributed by atoms with van der Waals surface area (Å²) in [5.41, 5.74) is 0. The number of likely N-dealkylation sites (N-methyl/N-ethyl adjacent to an activating group) is 1. The summed E-state index contributed by atoms with van der Waals surface area (Å²) in [5.74, 6) is -0.314. The van der Waals surface area contributed by atoms with Gasteiger partial charge >= 0.3 is 13.8 Å². The van der Waals surface area contributed by atoms with Gasteiger partial charge in [0, 0.05) is 13.0 Å². The maximum Gasteiger partial charge on any atom is 0.472 e. The van der Waals surface area contributed by atoms with Crippen molar-refractivity contribution in [1.29, 1.82) is 0 Å². The van der Waals surface area contributed by atoms with E-state index >= 15 is 0 Å². The third-order valence-electron chi connectivity index (χ3n) is 10.0. The van der Waals surface area contributed by atoms with Gasteiger partial charge in [-0.25, -0.2) is 4.57 Å². The Hall–Kier alpha value is -1.02. The van der Waals surface area contributed by atoms with Crippen molar-refractivity contribution < 1.29 is 37.3 Å². The van der Waals surface area contributed by atoms with E-state index < -0.39 is 13.9 Å². The number of hydrogen-bond acceptors (Lipinski definition) is 6. The van der Waals surface area contributed by atoms with Gasteiger partial charge in [0.15, 0.2) is 0 Å². The van der Waals surface area contributed by atoms with E-state index in [1.165, 1.54) is 141 Å². The molecule has 2 atom stereocenters. The maximum atomic E-state index is 12.7. The zero-order valence-electron chi connectivity index (χ0n) is 36.9. The molecule has 55 heavy (non-hydrogen) atoms. The van der Waals surface area contributed by atoms with Crippen LogP contribution in [0.25, 0.3) is 0 Å². The van der Waals surface area contributed by atoms with Crippen molar-refractivity contribution in [2.75, 3.05) is 54.1 Å². The fourth-order valence-electron chi connectivity index (χ4n) is 6.41. The number of allylic oxidation sites excluding steroid dienone is 4. The number of ether oxygens (including phenoxy) is 2. The van der Waals surface area contributed by atoms with Crippen molar-refractivity contribution in [1.82, 2.24) is 0 Å². The number of phosphoric acid groups is 1. The topological polar surface area (TPSA) is 91.3 Å². The van der Waals surface area contributed by atoms with Gasteiger partial charge in [0.05, 0.1) is 34.4 Å². The molecular weight excluding hydrogens is 709 g/mol. The lowest BCUT2D eigenvalue weighted by molar-refractivity contribution is -0.870. The van der Waals surface area contributed by atoms with Crippen molar-refractivity contribution in [2.24, 2.45) is 0 Å². The molecule has 9 heteroatoms. The molecule has 0 aliphatic rings. The van der Waals surface area contributed by atoms with Gasteiger partial charge in [-0.15, -0.1) is 0 Å². The minimum Gasteiger partial charge on any atom is -0.457 e. The summed E-state index contributed by atoms with van der Waals surface area (Å²) >= 11 is 0. The second-order valence-corrected chi connectivity index (χ2v) is 18.2. The Morgan fingerprint density at radius 1 is 0.564 bits per heavy atom. The lowest BCUT2D eigenvalue weighted by atomic mass is 10.0. The summed E-state index contributed by atoms with van der Waals surface area (Å²) in [4.78, 5) is 22.9. The van der Waals surface area contributed by atoms with Crippen molar-refractivity contribution in [2.45, 2.75) is 213 Å². The minimum atomic E-state index is -4.27. The largest absolute Gasteiger partial charge is 0.472 e. The molecule has 0 saturated heterocycles. The number of nitrogens with zero attached hydrogens (tertiary/aromatic N) is 1. The van der Waals surface area contributed by atoms with Gasteiger partial charge < -0.3 is 18.9 Å². The molecule has 0 aliphatic carbocycles. The summed E-state index contributed by atoms with van der Waals surface area (Å²) in [6, 6.07) is 0. The summed E-state index contributed by atoms with van der Waals surface area (Å²) < 4.78 is 35.0. The van der Waals surface area contributed by atoms with Crippen molar-refractivity contribution in [3.8, 4) is 0 Å². The fourth-order valence-corrected chi connectivity index (χ4v) is 7.15. The second kappa shape index (κ2) is 39.8. The van der Waals surface area contributed by atoms with Crippen LogP contribution in [0.15, 0.2) is 24.3 Å². The number of unbranched alkanes of at least 4 members (excludes halogenated alkanes) is 25. The van der Waals surface area contributed by atoms with Crippen LogP contribution in [0.3, 0.4) is 0 Å². The molecule has 0 fully saturated rings. The van der Waals surface area contributed by atoms with Crippen molar-refractivity contribution >= 4 is 13.8 Å². The van der Waals surface area contributed by atoms with Crippen molar-refractivity contribution in [3.05, 3.63) is 24.3 Å². The van der Waals surface area contributed by atoms with Crippen LogP contribution in [0.4, 0.5) is 0 Å². The van der Waals surface area contributed by atoms with Crippen LogP contribution in [-0.4, -0.2) is 75.6 Å². The Bertz CT molecular complexity index is 936. The molecule has 0 aromatic rings. The van der Waals surface area contributed by atoms with E-state index in [4.69, 9.17) is 18.5 Å². The quantitative estimate of drug-likeness (QED) is 0.0216. The molecule has 0 rings (SSSR count). The first kappa shape index (κ1) is 54.0. The average Bonchev–Trinajstić information content (AvgIpc) is 3.13.